The van der Waals surface area contributed by atoms with Crippen molar-refractivity contribution in [3.8, 4) is 0 Å². The van der Waals surface area contributed by atoms with Gasteiger partial charge in [0.05, 0.1) is 0 Å². The molecular weight excluding hydrogens is 190 g/mol. The molecule has 1 nitrogen and oxygen atoms in total. The van der Waals surface area contributed by atoms with Crippen LogP contribution in [0.5, 0.6) is 0 Å². The zero-order valence-electron chi connectivity index (χ0n) is 9.08. The van der Waals surface area contributed by atoms with Gasteiger partial charge in [0.25, 0.3) is 0 Å². The Morgan fingerprint density at radius 3 is 2.64 bits per heavy atom. The zero-order chi connectivity index (χ0) is 10.2. The Hall–Kier alpha value is -0.470. The van der Waals surface area contributed by atoms with Crippen molar-refractivity contribution in [3.05, 3.63) is 29.8 Å². The van der Waals surface area contributed by atoms with Crippen LogP contribution in [0.4, 0.5) is 0 Å². The Morgan fingerprint density at radius 1 is 1.29 bits per heavy atom. The zero-order valence-corrected chi connectivity index (χ0v) is 9.90. The summed E-state index contributed by atoms with van der Waals surface area (Å²) in [6, 6.07) is 8.68. The maximum absolute atomic E-state index is 2.45. The van der Waals surface area contributed by atoms with E-state index < -0.39 is 0 Å². The molecule has 1 aromatic rings. The Kier molecular flexibility index (Phi) is 2.58. The van der Waals surface area contributed by atoms with Gasteiger partial charge < -0.3 is 0 Å². The molecule has 1 heterocycles. The fourth-order valence-corrected chi connectivity index (χ4v) is 3.03. The third-order valence-electron chi connectivity index (χ3n) is 2.20. The number of fused-ring (bicyclic) bond motifs is 1. The highest BCUT2D eigenvalue weighted by molar-refractivity contribution is 7.97. The van der Waals surface area contributed by atoms with Crippen LogP contribution in [0.2, 0.25) is 0 Å². The molecule has 0 amide bonds. The summed E-state index contributed by atoms with van der Waals surface area (Å²) in [4.78, 5) is 1.43. The molecule has 0 radical (unpaired) electrons. The molecule has 2 heteroatoms. The first kappa shape index (κ1) is 10.1. The van der Waals surface area contributed by atoms with Crippen molar-refractivity contribution in [2.75, 3.05) is 6.54 Å². The number of hydrogen-bond donors (Lipinski definition) is 0. The second-order valence-electron chi connectivity index (χ2n) is 5.06. The molecule has 1 aliphatic rings. The lowest BCUT2D eigenvalue weighted by Crippen LogP contribution is -2.24. The molecule has 0 atom stereocenters. The maximum Gasteiger partial charge on any atom is 0.0355 e. The van der Waals surface area contributed by atoms with Gasteiger partial charge in [-0.25, -0.2) is 4.31 Å². The van der Waals surface area contributed by atoms with Crippen LogP contribution in [0.25, 0.3) is 0 Å². The van der Waals surface area contributed by atoms with Crippen LogP contribution in [0.15, 0.2) is 29.2 Å². The summed E-state index contributed by atoms with van der Waals surface area (Å²) < 4.78 is 2.45. The Labute approximate surface area is 90.6 Å². The van der Waals surface area contributed by atoms with Gasteiger partial charge in [-0.1, -0.05) is 39.0 Å². The highest BCUT2D eigenvalue weighted by Crippen LogP contribution is 2.37. The minimum absolute atomic E-state index is 0.384. The molecule has 2 rings (SSSR count). The molecule has 14 heavy (non-hydrogen) atoms. The van der Waals surface area contributed by atoms with E-state index in [-0.39, 0.29) is 0 Å². The molecule has 0 aromatic heterocycles. The summed E-state index contributed by atoms with van der Waals surface area (Å²) in [6.45, 7) is 9.11. The van der Waals surface area contributed by atoms with Gasteiger partial charge in [0.1, 0.15) is 0 Å². The first-order valence-electron chi connectivity index (χ1n) is 5.05. The van der Waals surface area contributed by atoms with Crippen molar-refractivity contribution in [3.63, 3.8) is 0 Å². The largest absolute Gasteiger partial charge is 0.241 e. The highest BCUT2D eigenvalue weighted by Gasteiger charge is 2.23. The van der Waals surface area contributed by atoms with E-state index in [9.17, 15) is 0 Å². The Bertz CT molecular complexity index is 302. The fourth-order valence-electron chi connectivity index (χ4n) is 1.70. The van der Waals surface area contributed by atoms with E-state index in [0.717, 1.165) is 13.1 Å². The predicted molar refractivity (Wildman–Crippen MR) is 62.2 cm³/mol. The van der Waals surface area contributed by atoms with Gasteiger partial charge in [-0.05, 0) is 29.0 Å². The molecule has 0 saturated heterocycles. The van der Waals surface area contributed by atoms with Crippen molar-refractivity contribution in [1.29, 1.82) is 0 Å². The lowest BCUT2D eigenvalue weighted by molar-refractivity contribution is 0.300. The lowest BCUT2D eigenvalue weighted by atomic mass is 9.97. The predicted octanol–water partition coefficient (Wildman–Crippen LogP) is 3.56. The minimum Gasteiger partial charge on any atom is -0.241 e. The molecule has 0 spiro atoms. The van der Waals surface area contributed by atoms with E-state index in [1.807, 2.05) is 11.9 Å². The molecule has 0 aliphatic carbocycles. The van der Waals surface area contributed by atoms with E-state index >= 15 is 0 Å². The van der Waals surface area contributed by atoms with E-state index in [0.29, 0.717) is 5.41 Å². The summed E-state index contributed by atoms with van der Waals surface area (Å²) in [6.07, 6.45) is 0. The Balaban J connectivity index is 2.05. The average molecular weight is 207 g/mol. The van der Waals surface area contributed by atoms with Crippen LogP contribution in [-0.4, -0.2) is 10.8 Å². The van der Waals surface area contributed by atoms with Gasteiger partial charge in [-0.2, -0.15) is 0 Å². The molecule has 0 saturated carbocycles. The van der Waals surface area contributed by atoms with Gasteiger partial charge >= 0.3 is 0 Å². The van der Waals surface area contributed by atoms with E-state index in [4.69, 9.17) is 0 Å². The molecular formula is C12H17NS. The summed E-state index contributed by atoms with van der Waals surface area (Å²) >= 11 is 1.90. The van der Waals surface area contributed by atoms with Crippen LogP contribution < -0.4 is 0 Å². The average Bonchev–Trinajstić information content (AvgIpc) is 2.42. The van der Waals surface area contributed by atoms with Gasteiger partial charge in [0.2, 0.25) is 0 Å². The van der Waals surface area contributed by atoms with Crippen molar-refractivity contribution in [2.45, 2.75) is 32.2 Å². The third-order valence-corrected chi connectivity index (χ3v) is 3.31. The minimum atomic E-state index is 0.384. The normalized spacial score (nSPS) is 17.1. The standard InChI is InChI=1S/C12H17NS/c1-12(2,3)9-13-8-10-6-4-5-7-11(10)14-13/h4-7H,8-9H2,1-3H3. The van der Waals surface area contributed by atoms with Crippen LogP contribution in [-0.2, 0) is 6.54 Å². The van der Waals surface area contributed by atoms with Gasteiger partial charge in [0.15, 0.2) is 0 Å². The lowest BCUT2D eigenvalue weighted by Gasteiger charge is -2.24. The number of rotatable bonds is 1. The second kappa shape index (κ2) is 3.59. The van der Waals surface area contributed by atoms with Crippen LogP contribution in [0.3, 0.4) is 0 Å². The topological polar surface area (TPSA) is 3.24 Å². The number of nitrogens with zero attached hydrogens (tertiary/aromatic N) is 1. The summed E-state index contributed by atoms with van der Waals surface area (Å²) in [5.74, 6) is 0. The quantitative estimate of drug-likeness (QED) is 0.648. The monoisotopic (exact) mass is 207 g/mol. The van der Waals surface area contributed by atoms with Gasteiger partial charge in [-0.15, -0.1) is 0 Å². The highest BCUT2D eigenvalue weighted by atomic mass is 32.2. The van der Waals surface area contributed by atoms with Crippen LogP contribution >= 0.6 is 11.9 Å². The van der Waals surface area contributed by atoms with Crippen molar-refractivity contribution < 1.29 is 0 Å². The SMILES string of the molecule is CC(C)(C)CN1Cc2ccccc2S1. The van der Waals surface area contributed by atoms with Crippen LogP contribution in [0.1, 0.15) is 26.3 Å². The molecule has 0 N–H and O–H groups in total. The first-order chi connectivity index (χ1) is 6.54. The van der Waals surface area contributed by atoms with Crippen LogP contribution in [0, 0.1) is 5.41 Å². The van der Waals surface area contributed by atoms with E-state index in [1.165, 1.54) is 10.5 Å². The van der Waals surface area contributed by atoms with Crippen molar-refractivity contribution >= 4 is 11.9 Å². The molecule has 1 aromatic carbocycles. The summed E-state index contributed by atoms with van der Waals surface area (Å²) in [5.41, 5.74) is 1.86. The van der Waals surface area contributed by atoms with Gasteiger partial charge in [0, 0.05) is 18.0 Å². The summed E-state index contributed by atoms with van der Waals surface area (Å²) in [7, 11) is 0. The molecule has 1 aliphatic heterocycles. The first-order valence-corrected chi connectivity index (χ1v) is 5.83. The van der Waals surface area contributed by atoms with Crippen molar-refractivity contribution in [1.82, 2.24) is 4.31 Å². The van der Waals surface area contributed by atoms with Crippen molar-refractivity contribution in [2.24, 2.45) is 5.41 Å². The fraction of sp³-hybridized carbons (Fsp3) is 0.500. The Morgan fingerprint density at radius 2 is 2.00 bits per heavy atom. The van der Waals surface area contributed by atoms with E-state index in [1.54, 1.807) is 0 Å². The maximum atomic E-state index is 2.45. The molecule has 0 bridgehead atoms. The third kappa shape index (κ3) is 2.31. The van der Waals surface area contributed by atoms with E-state index in [2.05, 4.69) is 49.3 Å². The summed E-state index contributed by atoms with van der Waals surface area (Å²) in [5, 5.41) is 0. The van der Waals surface area contributed by atoms with Gasteiger partial charge in [-0.3, -0.25) is 0 Å². The number of benzene rings is 1. The second-order valence-corrected chi connectivity index (χ2v) is 6.20. The molecule has 76 valence electrons. The number of hydrogen-bond acceptors (Lipinski definition) is 2. The molecule has 0 fully saturated rings. The molecule has 0 unspecified atom stereocenters. The smallest absolute Gasteiger partial charge is 0.0355 e.